The summed E-state index contributed by atoms with van der Waals surface area (Å²) in [5, 5.41) is 3.39. The molecule has 2 aliphatic heterocycles. The molecule has 38 heavy (non-hydrogen) atoms. The molecule has 2 fully saturated rings. The molecule has 2 heterocycles. The van der Waals surface area contributed by atoms with Gasteiger partial charge in [-0.05, 0) is 24.4 Å². The van der Waals surface area contributed by atoms with Crippen molar-refractivity contribution < 1.29 is 42.9 Å². The van der Waals surface area contributed by atoms with E-state index in [0.29, 0.717) is 18.2 Å². The van der Waals surface area contributed by atoms with Gasteiger partial charge in [0.1, 0.15) is 12.7 Å². The first-order chi connectivity index (χ1) is 18.0. The Labute approximate surface area is 226 Å². The number of hydrogen-bond acceptors (Lipinski definition) is 11. The maximum atomic E-state index is 12.0. The summed E-state index contributed by atoms with van der Waals surface area (Å²) in [6.45, 7) is 7.13. The molecule has 1 aromatic rings. The maximum Gasteiger partial charge on any atom is 0.303 e. The van der Waals surface area contributed by atoms with Crippen LogP contribution in [0.4, 0.5) is 5.69 Å². The molecular weight excluding hydrogens is 518 g/mol. The zero-order chi connectivity index (χ0) is 27.8. The van der Waals surface area contributed by atoms with Gasteiger partial charge < -0.3 is 38.8 Å². The number of para-hydroxylation sites is 1. The lowest BCUT2D eigenvalue weighted by atomic mass is 9.97. The molecule has 1 aromatic carbocycles. The minimum absolute atomic E-state index is 0.307. The first kappa shape index (κ1) is 29.1. The van der Waals surface area contributed by atoms with E-state index < -0.39 is 54.5 Å². The van der Waals surface area contributed by atoms with Crippen LogP contribution in [-0.4, -0.2) is 97.3 Å². The summed E-state index contributed by atoms with van der Waals surface area (Å²) in [4.78, 5) is 51.5. The number of thiocarbonyl (C=S) groups is 1. The van der Waals surface area contributed by atoms with Crippen LogP contribution in [0.2, 0.25) is 0 Å². The number of piperazine rings is 1. The first-order valence-corrected chi connectivity index (χ1v) is 12.6. The molecule has 208 valence electrons. The van der Waals surface area contributed by atoms with E-state index >= 15 is 0 Å². The van der Waals surface area contributed by atoms with Crippen LogP contribution < -0.4 is 10.2 Å². The maximum absolute atomic E-state index is 12.0. The van der Waals surface area contributed by atoms with Crippen LogP contribution in [-0.2, 0) is 42.9 Å². The standard InChI is InChI=1S/C25H33N3O9S/c1-15(29)33-14-20-21(34-16(2)30)22(35-17(3)31)23(36-18(4)32)24(37-20)26-25(38)28-12-10-27(11-13-28)19-8-6-5-7-9-19/h5-9,20-24H,10-14H2,1-4H3,(H,26,38)/t20-,21+,22+,23+,24-/m0/s1. The zero-order valence-corrected chi connectivity index (χ0v) is 22.6. The summed E-state index contributed by atoms with van der Waals surface area (Å²) in [6.07, 6.45) is -5.85. The molecule has 2 saturated heterocycles. The first-order valence-electron chi connectivity index (χ1n) is 12.2. The van der Waals surface area contributed by atoms with Gasteiger partial charge in [0, 0.05) is 59.6 Å². The van der Waals surface area contributed by atoms with Crippen LogP contribution in [0.15, 0.2) is 30.3 Å². The number of nitrogens with one attached hydrogen (secondary N) is 1. The molecule has 0 amide bonds. The van der Waals surface area contributed by atoms with Gasteiger partial charge >= 0.3 is 23.9 Å². The van der Waals surface area contributed by atoms with Gasteiger partial charge in [-0.15, -0.1) is 0 Å². The lowest BCUT2D eigenvalue weighted by Crippen LogP contribution is -2.67. The Bertz CT molecular complexity index is 1020. The van der Waals surface area contributed by atoms with E-state index in [0.717, 1.165) is 18.8 Å². The number of esters is 4. The molecule has 1 N–H and O–H groups in total. The Morgan fingerprint density at radius 2 is 1.39 bits per heavy atom. The van der Waals surface area contributed by atoms with Crippen molar-refractivity contribution in [1.29, 1.82) is 0 Å². The number of hydrogen-bond donors (Lipinski definition) is 1. The monoisotopic (exact) mass is 551 g/mol. The fraction of sp³-hybridized carbons (Fsp3) is 0.560. The average Bonchev–Trinajstić information content (AvgIpc) is 2.86. The summed E-state index contributed by atoms with van der Waals surface area (Å²) in [7, 11) is 0. The van der Waals surface area contributed by atoms with Gasteiger partial charge in [0.05, 0.1) is 0 Å². The second-order valence-electron chi connectivity index (χ2n) is 8.88. The number of carbonyl (C=O) groups excluding carboxylic acids is 4. The van der Waals surface area contributed by atoms with E-state index in [4.69, 9.17) is 35.9 Å². The van der Waals surface area contributed by atoms with Crippen molar-refractivity contribution in [2.24, 2.45) is 0 Å². The largest absolute Gasteiger partial charge is 0.463 e. The van der Waals surface area contributed by atoms with E-state index in [1.54, 1.807) is 0 Å². The Morgan fingerprint density at radius 3 is 1.95 bits per heavy atom. The minimum Gasteiger partial charge on any atom is -0.463 e. The van der Waals surface area contributed by atoms with Crippen LogP contribution in [0.25, 0.3) is 0 Å². The van der Waals surface area contributed by atoms with Crippen LogP contribution in [0.1, 0.15) is 27.7 Å². The molecule has 13 heteroatoms. The van der Waals surface area contributed by atoms with Crippen molar-refractivity contribution >= 4 is 46.9 Å². The number of benzene rings is 1. The number of nitrogens with zero attached hydrogens (tertiary/aromatic N) is 2. The fourth-order valence-electron chi connectivity index (χ4n) is 4.36. The number of carbonyl (C=O) groups is 4. The van der Waals surface area contributed by atoms with Crippen molar-refractivity contribution in [3.05, 3.63) is 30.3 Å². The Kier molecular flexibility index (Phi) is 10.2. The topological polar surface area (TPSA) is 133 Å². The van der Waals surface area contributed by atoms with Crippen molar-refractivity contribution in [2.45, 2.75) is 58.3 Å². The van der Waals surface area contributed by atoms with Gasteiger partial charge in [-0.1, -0.05) is 18.2 Å². The third-order valence-corrected chi connectivity index (χ3v) is 6.32. The lowest BCUT2D eigenvalue weighted by molar-refractivity contribution is -0.255. The molecule has 5 atom stereocenters. The van der Waals surface area contributed by atoms with E-state index in [1.807, 2.05) is 35.2 Å². The number of ether oxygens (including phenoxy) is 5. The molecule has 2 aliphatic rings. The SMILES string of the molecule is CC(=O)OC[C@@H]1O[C@H](NC(=S)N2CCN(c3ccccc3)CC2)[C@H](OC(C)=O)[C@H](OC(C)=O)[C@@H]1OC(C)=O. The molecule has 12 nitrogen and oxygen atoms in total. The second-order valence-corrected chi connectivity index (χ2v) is 9.27. The van der Waals surface area contributed by atoms with Crippen LogP contribution >= 0.6 is 12.2 Å². The van der Waals surface area contributed by atoms with Gasteiger partial charge in [-0.3, -0.25) is 19.2 Å². The van der Waals surface area contributed by atoms with Crippen molar-refractivity contribution in [3.8, 4) is 0 Å². The molecule has 0 aliphatic carbocycles. The molecule has 0 saturated carbocycles. The third-order valence-electron chi connectivity index (χ3n) is 5.94. The number of anilines is 1. The molecule has 0 bridgehead atoms. The summed E-state index contributed by atoms with van der Waals surface area (Å²) in [5.74, 6) is -2.65. The second kappa shape index (κ2) is 13.4. The minimum atomic E-state index is -1.26. The van der Waals surface area contributed by atoms with Crippen molar-refractivity contribution in [1.82, 2.24) is 10.2 Å². The zero-order valence-electron chi connectivity index (χ0n) is 21.8. The highest BCUT2D eigenvalue weighted by molar-refractivity contribution is 7.80. The van der Waals surface area contributed by atoms with Gasteiger partial charge in [0.25, 0.3) is 0 Å². The lowest BCUT2D eigenvalue weighted by Gasteiger charge is -2.45. The van der Waals surface area contributed by atoms with Gasteiger partial charge in [-0.2, -0.15) is 0 Å². The highest BCUT2D eigenvalue weighted by Crippen LogP contribution is 2.28. The summed E-state index contributed by atoms with van der Waals surface area (Å²) >= 11 is 5.64. The summed E-state index contributed by atoms with van der Waals surface area (Å²) in [5.41, 5.74) is 1.12. The quantitative estimate of drug-likeness (QED) is 0.291. The Morgan fingerprint density at radius 1 is 0.842 bits per heavy atom. The highest BCUT2D eigenvalue weighted by Gasteiger charge is 2.52. The van der Waals surface area contributed by atoms with Gasteiger partial charge in [-0.25, -0.2) is 0 Å². The molecule has 3 rings (SSSR count). The smallest absolute Gasteiger partial charge is 0.303 e. The van der Waals surface area contributed by atoms with E-state index in [9.17, 15) is 19.2 Å². The average molecular weight is 552 g/mol. The fourth-order valence-corrected chi connectivity index (χ4v) is 4.66. The van der Waals surface area contributed by atoms with Crippen molar-refractivity contribution in [3.63, 3.8) is 0 Å². The van der Waals surface area contributed by atoms with E-state index in [-0.39, 0.29) is 6.61 Å². The van der Waals surface area contributed by atoms with Crippen molar-refractivity contribution in [2.75, 3.05) is 37.7 Å². The Balaban J connectivity index is 1.79. The summed E-state index contributed by atoms with van der Waals surface area (Å²) < 4.78 is 27.5. The molecule has 0 radical (unpaired) electrons. The Hall–Kier alpha value is -3.45. The molecule has 0 unspecified atom stereocenters. The van der Waals surface area contributed by atoms with Crippen LogP contribution in [0, 0.1) is 0 Å². The third kappa shape index (κ3) is 8.02. The van der Waals surface area contributed by atoms with Gasteiger partial charge in [0.15, 0.2) is 29.7 Å². The van der Waals surface area contributed by atoms with Crippen LogP contribution in [0.3, 0.4) is 0 Å². The predicted molar refractivity (Wildman–Crippen MR) is 138 cm³/mol. The predicted octanol–water partition coefficient (Wildman–Crippen LogP) is 0.766. The van der Waals surface area contributed by atoms with Crippen LogP contribution in [0.5, 0.6) is 0 Å². The molecule has 0 aromatic heterocycles. The number of rotatable bonds is 7. The highest BCUT2D eigenvalue weighted by atomic mass is 32.1. The van der Waals surface area contributed by atoms with E-state index in [2.05, 4.69) is 10.2 Å². The molecular formula is C25H33N3O9S. The van der Waals surface area contributed by atoms with Gasteiger partial charge in [0.2, 0.25) is 0 Å². The molecule has 0 spiro atoms. The normalized spacial score (nSPS) is 25.1. The summed E-state index contributed by atoms with van der Waals surface area (Å²) in [6, 6.07) is 10.0. The van der Waals surface area contributed by atoms with E-state index in [1.165, 1.54) is 27.7 Å².